The normalized spacial score (nSPS) is 23.9. The van der Waals surface area contributed by atoms with Crippen molar-refractivity contribution in [3.8, 4) is 0 Å². The van der Waals surface area contributed by atoms with Crippen molar-refractivity contribution in [3.63, 3.8) is 0 Å². The number of benzene rings is 2. The SMILES string of the molecule is CCC1(C[N+](=O)[O-])CCC(CO[C@H](C)c2cc(C(F)(F)F)cc(C(F)(F)F)c2)(c2ccccc2)CC1. The Morgan fingerprint density at radius 2 is 1.47 bits per heavy atom. The van der Waals surface area contributed by atoms with Crippen molar-refractivity contribution < 1.29 is 36.0 Å². The maximum atomic E-state index is 13.3. The van der Waals surface area contributed by atoms with E-state index in [1.807, 2.05) is 37.3 Å². The van der Waals surface area contributed by atoms with E-state index in [2.05, 4.69) is 0 Å². The first-order valence-corrected chi connectivity index (χ1v) is 11.8. The van der Waals surface area contributed by atoms with Crippen LogP contribution in [0.1, 0.15) is 74.3 Å². The summed E-state index contributed by atoms with van der Waals surface area (Å²) in [5.74, 6) is 0. The van der Waals surface area contributed by atoms with Gasteiger partial charge < -0.3 is 4.74 Å². The van der Waals surface area contributed by atoms with E-state index >= 15 is 0 Å². The van der Waals surface area contributed by atoms with Crippen molar-refractivity contribution in [2.75, 3.05) is 13.2 Å². The molecule has 0 heterocycles. The minimum atomic E-state index is -4.94. The molecule has 0 radical (unpaired) electrons. The number of ether oxygens (including phenoxy) is 1. The van der Waals surface area contributed by atoms with Crippen LogP contribution in [-0.2, 0) is 22.5 Å². The van der Waals surface area contributed by atoms with E-state index in [1.54, 1.807) is 0 Å². The molecule has 3 rings (SSSR count). The highest BCUT2D eigenvalue weighted by molar-refractivity contribution is 5.35. The van der Waals surface area contributed by atoms with Crippen LogP contribution >= 0.6 is 0 Å². The Balaban J connectivity index is 1.88. The molecule has 4 nitrogen and oxygen atoms in total. The zero-order chi connectivity index (χ0) is 26.8. The summed E-state index contributed by atoms with van der Waals surface area (Å²) in [4.78, 5) is 10.9. The fourth-order valence-corrected chi connectivity index (χ4v) is 5.06. The molecule has 0 bridgehead atoms. The third kappa shape index (κ3) is 6.38. The van der Waals surface area contributed by atoms with Gasteiger partial charge in [0.15, 0.2) is 0 Å². The van der Waals surface area contributed by atoms with Crippen LogP contribution in [0, 0.1) is 15.5 Å². The molecule has 0 N–H and O–H groups in total. The Morgan fingerprint density at radius 1 is 0.944 bits per heavy atom. The lowest BCUT2D eigenvalue weighted by Gasteiger charge is -2.45. The molecule has 0 aromatic heterocycles. The molecule has 0 spiro atoms. The average molecular weight is 518 g/mol. The summed E-state index contributed by atoms with van der Waals surface area (Å²) in [5.41, 5.74) is -3.05. The highest BCUT2D eigenvalue weighted by atomic mass is 19.4. The van der Waals surface area contributed by atoms with Gasteiger partial charge >= 0.3 is 12.4 Å². The van der Waals surface area contributed by atoms with Crippen molar-refractivity contribution in [1.82, 2.24) is 0 Å². The second-order valence-electron chi connectivity index (χ2n) is 9.78. The molecule has 36 heavy (non-hydrogen) atoms. The molecule has 0 aliphatic heterocycles. The highest BCUT2D eigenvalue weighted by Crippen LogP contribution is 2.49. The summed E-state index contributed by atoms with van der Waals surface area (Å²) >= 11 is 0. The van der Waals surface area contributed by atoms with E-state index in [1.165, 1.54) is 6.92 Å². The van der Waals surface area contributed by atoms with Gasteiger partial charge in [-0.25, -0.2) is 0 Å². The van der Waals surface area contributed by atoms with E-state index in [0.717, 1.165) is 5.56 Å². The number of rotatable bonds is 8. The summed E-state index contributed by atoms with van der Waals surface area (Å²) < 4.78 is 85.8. The van der Waals surface area contributed by atoms with Gasteiger partial charge in [-0.15, -0.1) is 0 Å². The summed E-state index contributed by atoms with van der Waals surface area (Å²) in [6, 6.07) is 10.8. The predicted octanol–water partition coefficient (Wildman–Crippen LogP) is 7.99. The summed E-state index contributed by atoms with van der Waals surface area (Å²) in [6.07, 6.45) is -8.02. The van der Waals surface area contributed by atoms with E-state index in [-0.39, 0.29) is 29.7 Å². The van der Waals surface area contributed by atoms with Crippen LogP contribution in [0.25, 0.3) is 0 Å². The van der Waals surface area contributed by atoms with Crippen molar-refractivity contribution in [3.05, 3.63) is 80.9 Å². The largest absolute Gasteiger partial charge is 0.416 e. The third-order valence-corrected chi connectivity index (χ3v) is 7.56. The zero-order valence-corrected chi connectivity index (χ0v) is 20.1. The molecule has 10 heteroatoms. The Hall–Kier alpha value is -2.62. The maximum absolute atomic E-state index is 13.3. The van der Waals surface area contributed by atoms with E-state index < -0.39 is 40.4 Å². The molecule has 1 aliphatic rings. The smallest absolute Gasteiger partial charge is 0.373 e. The van der Waals surface area contributed by atoms with Gasteiger partial charge in [0.25, 0.3) is 0 Å². The first-order chi connectivity index (χ1) is 16.7. The number of hydrogen-bond acceptors (Lipinski definition) is 3. The lowest BCUT2D eigenvalue weighted by molar-refractivity contribution is -0.499. The van der Waals surface area contributed by atoms with Crippen LogP contribution in [0.15, 0.2) is 48.5 Å². The number of halogens is 6. The number of hydrogen-bond donors (Lipinski definition) is 0. The van der Waals surface area contributed by atoms with Crippen LogP contribution in [-0.4, -0.2) is 18.1 Å². The van der Waals surface area contributed by atoms with Gasteiger partial charge in [-0.05, 0) is 68.4 Å². The van der Waals surface area contributed by atoms with E-state index in [0.29, 0.717) is 44.2 Å². The van der Waals surface area contributed by atoms with Gasteiger partial charge in [-0.2, -0.15) is 26.3 Å². The van der Waals surface area contributed by atoms with Crippen LogP contribution in [0.2, 0.25) is 0 Å². The predicted molar refractivity (Wildman–Crippen MR) is 122 cm³/mol. The molecule has 0 unspecified atom stereocenters. The Bertz CT molecular complexity index is 1010. The molecule has 1 saturated carbocycles. The summed E-state index contributed by atoms with van der Waals surface area (Å²) in [6.45, 7) is 3.27. The van der Waals surface area contributed by atoms with Crippen LogP contribution in [0.5, 0.6) is 0 Å². The number of alkyl halides is 6. The minimum Gasteiger partial charge on any atom is -0.373 e. The molecule has 0 saturated heterocycles. The van der Waals surface area contributed by atoms with Crippen LogP contribution in [0.4, 0.5) is 26.3 Å². The average Bonchev–Trinajstić information content (AvgIpc) is 2.82. The highest BCUT2D eigenvalue weighted by Gasteiger charge is 2.46. The van der Waals surface area contributed by atoms with Gasteiger partial charge in [0.2, 0.25) is 6.54 Å². The second kappa shape index (κ2) is 10.4. The van der Waals surface area contributed by atoms with Crippen molar-refractivity contribution in [1.29, 1.82) is 0 Å². The van der Waals surface area contributed by atoms with E-state index in [9.17, 15) is 36.5 Å². The Morgan fingerprint density at radius 3 is 1.92 bits per heavy atom. The Kier molecular flexibility index (Phi) is 8.07. The topological polar surface area (TPSA) is 52.4 Å². The van der Waals surface area contributed by atoms with Gasteiger partial charge in [0, 0.05) is 15.8 Å². The van der Waals surface area contributed by atoms with Crippen LogP contribution < -0.4 is 0 Å². The molecule has 1 aliphatic carbocycles. The van der Waals surface area contributed by atoms with Crippen molar-refractivity contribution in [2.24, 2.45) is 5.41 Å². The van der Waals surface area contributed by atoms with E-state index in [4.69, 9.17) is 4.74 Å². The first-order valence-electron chi connectivity index (χ1n) is 11.8. The minimum absolute atomic E-state index is 0.0635. The number of nitrogens with zero attached hydrogens (tertiary/aromatic N) is 1. The second-order valence-corrected chi connectivity index (χ2v) is 9.78. The molecular weight excluding hydrogens is 488 g/mol. The fraction of sp³-hybridized carbons (Fsp3) is 0.538. The summed E-state index contributed by atoms with van der Waals surface area (Å²) in [5, 5.41) is 11.3. The molecule has 2 aromatic carbocycles. The third-order valence-electron chi connectivity index (χ3n) is 7.56. The summed E-state index contributed by atoms with van der Waals surface area (Å²) in [7, 11) is 0. The molecule has 1 atom stereocenters. The van der Waals surface area contributed by atoms with Crippen molar-refractivity contribution in [2.45, 2.75) is 69.8 Å². The monoisotopic (exact) mass is 517 g/mol. The lowest BCUT2D eigenvalue weighted by Crippen LogP contribution is -2.43. The molecule has 2 aromatic rings. The quantitative estimate of drug-likeness (QED) is 0.203. The van der Waals surface area contributed by atoms with Crippen LogP contribution in [0.3, 0.4) is 0 Å². The molecule has 1 fully saturated rings. The number of nitro groups is 1. The lowest BCUT2D eigenvalue weighted by atomic mass is 9.60. The molecular formula is C26H29F6NO3. The van der Waals surface area contributed by atoms with Gasteiger partial charge in [0.1, 0.15) is 0 Å². The zero-order valence-electron chi connectivity index (χ0n) is 20.1. The van der Waals surface area contributed by atoms with Gasteiger partial charge in [-0.1, -0.05) is 37.3 Å². The molecule has 0 amide bonds. The molecule has 198 valence electrons. The first kappa shape index (κ1) is 28.0. The van der Waals surface area contributed by atoms with Gasteiger partial charge in [-0.3, -0.25) is 10.1 Å². The maximum Gasteiger partial charge on any atom is 0.416 e. The standard InChI is InChI=1S/C26H29F6NO3/c1-3-23(16-33(34)35)9-11-24(12-10-23,20-7-5-4-6-8-20)17-36-18(2)19-13-21(25(27,28)29)15-22(14-19)26(30,31)32/h4-8,13-15,18H,3,9-12,16-17H2,1-2H3/t18-,23?,24?/m1/s1. The van der Waals surface area contributed by atoms with Gasteiger partial charge in [0.05, 0.1) is 23.8 Å². The van der Waals surface area contributed by atoms with Crippen molar-refractivity contribution >= 4 is 0 Å². The Labute approximate surface area is 205 Å². The fourth-order valence-electron chi connectivity index (χ4n) is 5.06.